The Kier molecular flexibility index (Phi) is 3.97. The Morgan fingerprint density at radius 2 is 1.45 bits per heavy atom. The molecule has 0 aliphatic carbocycles. The Bertz CT molecular complexity index is 752. The number of rotatable bonds is 4. The van der Waals surface area contributed by atoms with E-state index < -0.39 is 0 Å². The van der Waals surface area contributed by atoms with Crippen LogP contribution in [-0.4, -0.2) is 17.8 Å². The standard InChI is InChI=1S/C19H16N2O/c1-21(17-10-6-3-7-11-17)18-13-12-16(14-20-18)19(22)15-8-4-2-5-9-15/h2-14H,1H3. The number of carbonyl (C=O) groups is 1. The molecule has 3 aromatic rings. The van der Waals surface area contributed by atoms with Crippen LogP contribution in [0.3, 0.4) is 0 Å². The maximum atomic E-state index is 12.3. The van der Waals surface area contributed by atoms with Crippen LogP contribution in [0.4, 0.5) is 11.5 Å². The molecule has 0 N–H and O–H groups in total. The number of anilines is 2. The summed E-state index contributed by atoms with van der Waals surface area (Å²) in [6, 6.07) is 22.9. The molecular formula is C19H16N2O. The third kappa shape index (κ3) is 2.88. The van der Waals surface area contributed by atoms with Crippen LogP contribution in [0, 0.1) is 0 Å². The van der Waals surface area contributed by atoms with Gasteiger partial charge in [0.2, 0.25) is 0 Å². The van der Waals surface area contributed by atoms with Crippen molar-refractivity contribution in [2.24, 2.45) is 0 Å². The molecule has 108 valence electrons. The van der Waals surface area contributed by atoms with Crippen LogP contribution in [0.25, 0.3) is 0 Å². The van der Waals surface area contributed by atoms with Gasteiger partial charge in [-0.3, -0.25) is 4.79 Å². The molecule has 0 saturated carbocycles. The van der Waals surface area contributed by atoms with Gasteiger partial charge >= 0.3 is 0 Å². The van der Waals surface area contributed by atoms with Crippen LogP contribution in [0.15, 0.2) is 79.0 Å². The highest BCUT2D eigenvalue weighted by atomic mass is 16.1. The van der Waals surface area contributed by atoms with Crippen molar-refractivity contribution in [1.29, 1.82) is 0 Å². The maximum absolute atomic E-state index is 12.3. The second kappa shape index (κ2) is 6.22. The quantitative estimate of drug-likeness (QED) is 0.678. The summed E-state index contributed by atoms with van der Waals surface area (Å²) in [5, 5.41) is 0. The molecule has 1 heterocycles. The van der Waals surface area contributed by atoms with Crippen LogP contribution < -0.4 is 4.90 Å². The molecule has 22 heavy (non-hydrogen) atoms. The van der Waals surface area contributed by atoms with E-state index in [1.807, 2.05) is 84.7 Å². The lowest BCUT2D eigenvalue weighted by Gasteiger charge is -2.18. The smallest absolute Gasteiger partial charge is 0.194 e. The van der Waals surface area contributed by atoms with E-state index in [0.29, 0.717) is 11.1 Å². The summed E-state index contributed by atoms with van der Waals surface area (Å²) < 4.78 is 0. The lowest BCUT2D eigenvalue weighted by atomic mass is 10.1. The third-order valence-corrected chi connectivity index (χ3v) is 3.53. The average Bonchev–Trinajstić information content (AvgIpc) is 2.62. The predicted octanol–water partition coefficient (Wildman–Crippen LogP) is 4.08. The highest BCUT2D eigenvalue weighted by Crippen LogP contribution is 2.21. The van der Waals surface area contributed by atoms with Crippen molar-refractivity contribution in [3.05, 3.63) is 90.1 Å². The first-order chi connectivity index (χ1) is 10.8. The number of nitrogens with zero attached hydrogens (tertiary/aromatic N) is 2. The lowest BCUT2D eigenvalue weighted by Crippen LogP contribution is -2.11. The van der Waals surface area contributed by atoms with E-state index in [1.165, 1.54) is 0 Å². The van der Waals surface area contributed by atoms with Crippen molar-refractivity contribution in [1.82, 2.24) is 4.98 Å². The molecule has 2 aromatic carbocycles. The lowest BCUT2D eigenvalue weighted by molar-refractivity contribution is 0.103. The van der Waals surface area contributed by atoms with E-state index in [4.69, 9.17) is 0 Å². The van der Waals surface area contributed by atoms with Gasteiger partial charge < -0.3 is 4.90 Å². The molecule has 1 aromatic heterocycles. The zero-order valence-corrected chi connectivity index (χ0v) is 12.3. The monoisotopic (exact) mass is 288 g/mol. The van der Waals surface area contributed by atoms with E-state index in [1.54, 1.807) is 6.20 Å². The fraction of sp³-hybridized carbons (Fsp3) is 0.0526. The molecule has 0 amide bonds. The van der Waals surface area contributed by atoms with Gasteiger partial charge in [-0.15, -0.1) is 0 Å². The van der Waals surface area contributed by atoms with Gasteiger partial charge in [0.05, 0.1) is 0 Å². The van der Waals surface area contributed by atoms with E-state index in [0.717, 1.165) is 11.5 Å². The number of benzene rings is 2. The van der Waals surface area contributed by atoms with Crippen molar-refractivity contribution in [3.8, 4) is 0 Å². The Balaban J connectivity index is 1.83. The second-order valence-corrected chi connectivity index (χ2v) is 4.99. The van der Waals surface area contributed by atoms with Crippen molar-refractivity contribution >= 4 is 17.3 Å². The molecule has 0 fully saturated rings. The summed E-state index contributed by atoms with van der Waals surface area (Å²) in [5.41, 5.74) is 2.32. The first kappa shape index (κ1) is 14.0. The minimum absolute atomic E-state index is 0.0120. The van der Waals surface area contributed by atoms with Gasteiger partial charge in [-0.25, -0.2) is 4.98 Å². The number of para-hydroxylation sites is 1. The fourth-order valence-corrected chi connectivity index (χ4v) is 2.26. The average molecular weight is 288 g/mol. The topological polar surface area (TPSA) is 33.2 Å². The summed E-state index contributed by atoms with van der Waals surface area (Å²) >= 11 is 0. The number of pyridine rings is 1. The second-order valence-electron chi connectivity index (χ2n) is 4.99. The molecule has 0 aliphatic heterocycles. The number of hydrogen-bond donors (Lipinski definition) is 0. The van der Waals surface area contributed by atoms with Gasteiger partial charge in [0, 0.05) is 30.1 Å². The Labute approximate surface area is 129 Å². The molecule has 3 heteroatoms. The first-order valence-corrected chi connectivity index (χ1v) is 7.10. The number of aromatic nitrogens is 1. The van der Waals surface area contributed by atoms with Crippen molar-refractivity contribution in [3.63, 3.8) is 0 Å². The highest BCUT2D eigenvalue weighted by Gasteiger charge is 2.10. The Morgan fingerprint density at radius 3 is 2.05 bits per heavy atom. The van der Waals surface area contributed by atoms with Crippen molar-refractivity contribution in [2.75, 3.05) is 11.9 Å². The molecule has 3 rings (SSSR count). The molecule has 0 radical (unpaired) electrons. The van der Waals surface area contributed by atoms with E-state index in [-0.39, 0.29) is 5.78 Å². The zero-order valence-electron chi connectivity index (χ0n) is 12.3. The maximum Gasteiger partial charge on any atom is 0.194 e. The normalized spacial score (nSPS) is 10.2. The Hall–Kier alpha value is -2.94. The van der Waals surface area contributed by atoms with Gasteiger partial charge in [0.1, 0.15) is 5.82 Å². The Morgan fingerprint density at radius 1 is 0.818 bits per heavy atom. The summed E-state index contributed by atoms with van der Waals surface area (Å²) in [6.45, 7) is 0. The molecular weight excluding hydrogens is 272 g/mol. The van der Waals surface area contributed by atoms with Gasteiger partial charge in [-0.1, -0.05) is 48.5 Å². The molecule has 0 atom stereocenters. The van der Waals surface area contributed by atoms with Crippen LogP contribution in [0.5, 0.6) is 0 Å². The van der Waals surface area contributed by atoms with Gasteiger partial charge in [0.25, 0.3) is 0 Å². The van der Waals surface area contributed by atoms with Crippen LogP contribution in [-0.2, 0) is 0 Å². The molecule has 0 aliphatic rings. The SMILES string of the molecule is CN(c1ccccc1)c1ccc(C(=O)c2ccccc2)cn1. The van der Waals surface area contributed by atoms with E-state index in [2.05, 4.69) is 4.98 Å². The summed E-state index contributed by atoms with van der Waals surface area (Å²) in [6.07, 6.45) is 1.63. The van der Waals surface area contributed by atoms with Gasteiger partial charge in [0.15, 0.2) is 5.78 Å². The number of carbonyl (C=O) groups excluding carboxylic acids is 1. The molecule has 0 unspecified atom stereocenters. The van der Waals surface area contributed by atoms with Crippen molar-refractivity contribution < 1.29 is 4.79 Å². The van der Waals surface area contributed by atoms with Gasteiger partial charge in [-0.05, 0) is 24.3 Å². The zero-order chi connectivity index (χ0) is 15.4. The van der Waals surface area contributed by atoms with E-state index in [9.17, 15) is 4.79 Å². The highest BCUT2D eigenvalue weighted by molar-refractivity contribution is 6.08. The summed E-state index contributed by atoms with van der Waals surface area (Å²) in [7, 11) is 1.95. The number of ketones is 1. The summed E-state index contributed by atoms with van der Waals surface area (Å²) in [4.78, 5) is 18.7. The largest absolute Gasteiger partial charge is 0.329 e. The minimum Gasteiger partial charge on any atom is -0.329 e. The summed E-state index contributed by atoms with van der Waals surface area (Å²) in [5.74, 6) is 0.790. The molecule has 3 nitrogen and oxygen atoms in total. The van der Waals surface area contributed by atoms with Crippen molar-refractivity contribution in [2.45, 2.75) is 0 Å². The van der Waals surface area contributed by atoms with E-state index >= 15 is 0 Å². The van der Waals surface area contributed by atoms with Crippen LogP contribution >= 0.6 is 0 Å². The third-order valence-electron chi connectivity index (χ3n) is 3.53. The van der Waals surface area contributed by atoms with Crippen LogP contribution in [0.2, 0.25) is 0 Å². The molecule has 0 spiro atoms. The number of hydrogen-bond acceptors (Lipinski definition) is 3. The van der Waals surface area contributed by atoms with Gasteiger partial charge in [-0.2, -0.15) is 0 Å². The minimum atomic E-state index is -0.0120. The van der Waals surface area contributed by atoms with Crippen LogP contribution in [0.1, 0.15) is 15.9 Å². The molecule has 0 bridgehead atoms. The fourth-order valence-electron chi connectivity index (χ4n) is 2.26. The first-order valence-electron chi connectivity index (χ1n) is 7.10. The molecule has 0 saturated heterocycles. The predicted molar refractivity (Wildman–Crippen MR) is 88.6 cm³/mol.